The van der Waals surface area contributed by atoms with Crippen molar-refractivity contribution in [2.75, 3.05) is 11.0 Å². The lowest BCUT2D eigenvalue weighted by atomic mass is 10.2. The first-order valence-corrected chi connectivity index (χ1v) is 8.08. The van der Waals surface area contributed by atoms with Crippen molar-refractivity contribution in [1.29, 1.82) is 0 Å². The minimum Gasteiger partial charge on any atom is -0.444 e. The molecule has 0 heterocycles. The van der Waals surface area contributed by atoms with Gasteiger partial charge in [0.25, 0.3) is 0 Å². The van der Waals surface area contributed by atoms with Crippen LogP contribution in [0.5, 0.6) is 0 Å². The summed E-state index contributed by atoms with van der Waals surface area (Å²) in [6.45, 7) is 5.30. The number of sulfonamides is 1. The number of ether oxygens (including phenoxy) is 1. The summed E-state index contributed by atoms with van der Waals surface area (Å²) in [5.74, 6) is -0.693. The van der Waals surface area contributed by atoms with Crippen LogP contribution in [0.1, 0.15) is 26.3 Å². The summed E-state index contributed by atoms with van der Waals surface area (Å²) in [7, 11) is -3.57. The number of anilines is 1. The highest BCUT2D eigenvalue weighted by atomic mass is 32.2. The molecule has 1 aromatic rings. The smallest absolute Gasteiger partial charge is 0.407 e. The van der Waals surface area contributed by atoms with E-state index in [1.165, 1.54) is 12.1 Å². The van der Waals surface area contributed by atoms with E-state index >= 15 is 0 Å². The third-order valence-corrected chi connectivity index (χ3v) is 2.75. The first-order chi connectivity index (χ1) is 9.46. The van der Waals surface area contributed by atoms with Crippen LogP contribution in [-0.4, -0.2) is 26.4 Å². The van der Waals surface area contributed by atoms with Crippen LogP contribution < -0.4 is 10.0 Å². The topological polar surface area (TPSA) is 84.5 Å². The van der Waals surface area contributed by atoms with Crippen LogP contribution in [0, 0.1) is 5.82 Å². The van der Waals surface area contributed by atoms with Crippen molar-refractivity contribution < 1.29 is 22.3 Å². The van der Waals surface area contributed by atoms with Gasteiger partial charge in [-0.05, 0) is 38.5 Å². The van der Waals surface area contributed by atoms with Gasteiger partial charge in [0.05, 0.1) is 11.9 Å². The molecule has 1 aromatic carbocycles. The van der Waals surface area contributed by atoms with Crippen molar-refractivity contribution in [3.63, 3.8) is 0 Å². The van der Waals surface area contributed by atoms with E-state index in [-0.39, 0.29) is 12.2 Å². The quantitative estimate of drug-likeness (QED) is 0.891. The molecule has 8 heteroatoms. The van der Waals surface area contributed by atoms with Crippen molar-refractivity contribution >= 4 is 21.8 Å². The molecule has 0 aromatic heterocycles. The maximum Gasteiger partial charge on any atom is 0.407 e. The molecule has 0 fully saturated rings. The summed E-state index contributed by atoms with van der Waals surface area (Å²) in [5, 5.41) is 2.50. The van der Waals surface area contributed by atoms with Crippen LogP contribution in [0.25, 0.3) is 0 Å². The van der Waals surface area contributed by atoms with Gasteiger partial charge >= 0.3 is 6.09 Å². The second kappa shape index (κ2) is 6.30. The number of amides is 1. The Bertz CT molecular complexity index is 624. The average molecular weight is 318 g/mol. The number of nitrogens with one attached hydrogen (secondary N) is 2. The van der Waals surface area contributed by atoms with Crippen LogP contribution in [0.15, 0.2) is 18.2 Å². The fourth-order valence-electron chi connectivity index (χ4n) is 1.45. The summed E-state index contributed by atoms with van der Waals surface area (Å²) in [6, 6.07) is 3.88. The molecule has 1 amide bonds. The van der Waals surface area contributed by atoms with Gasteiger partial charge < -0.3 is 10.1 Å². The number of alkyl carbamates (subject to hydrolysis) is 1. The number of hydrogen-bond donors (Lipinski definition) is 2. The van der Waals surface area contributed by atoms with Crippen LogP contribution in [0.3, 0.4) is 0 Å². The lowest BCUT2D eigenvalue weighted by Gasteiger charge is -2.19. The Labute approximate surface area is 123 Å². The Morgan fingerprint density at radius 3 is 2.48 bits per heavy atom. The largest absolute Gasteiger partial charge is 0.444 e. The molecule has 0 spiro atoms. The number of carbonyl (C=O) groups excluding carboxylic acids is 1. The highest BCUT2D eigenvalue weighted by Crippen LogP contribution is 2.17. The van der Waals surface area contributed by atoms with Gasteiger partial charge in [0, 0.05) is 6.54 Å². The average Bonchev–Trinajstić information content (AvgIpc) is 2.26. The Morgan fingerprint density at radius 1 is 1.33 bits per heavy atom. The molecule has 6 nitrogen and oxygen atoms in total. The Balaban J connectivity index is 2.73. The van der Waals surface area contributed by atoms with Gasteiger partial charge in [-0.2, -0.15) is 0 Å². The lowest BCUT2D eigenvalue weighted by molar-refractivity contribution is 0.0523. The maximum atomic E-state index is 13.5. The van der Waals surface area contributed by atoms with Gasteiger partial charge in [0.1, 0.15) is 11.4 Å². The molecule has 118 valence electrons. The number of hydrogen-bond acceptors (Lipinski definition) is 4. The molecule has 0 saturated carbocycles. The van der Waals surface area contributed by atoms with Gasteiger partial charge in [-0.25, -0.2) is 17.6 Å². The third-order valence-electron chi connectivity index (χ3n) is 2.16. The summed E-state index contributed by atoms with van der Waals surface area (Å²) in [6.07, 6.45) is 0.322. The molecule has 0 radical (unpaired) electrons. The van der Waals surface area contributed by atoms with Crippen molar-refractivity contribution in [3.8, 4) is 0 Å². The summed E-state index contributed by atoms with van der Waals surface area (Å²) < 4.78 is 42.8. The van der Waals surface area contributed by atoms with E-state index in [0.29, 0.717) is 5.56 Å². The van der Waals surface area contributed by atoms with E-state index in [1.807, 2.05) is 0 Å². The van der Waals surface area contributed by atoms with Crippen LogP contribution in [-0.2, 0) is 21.3 Å². The van der Waals surface area contributed by atoms with E-state index < -0.39 is 27.5 Å². The van der Waals surface area contributed by atoms with Gasteiger partial charge in [0.2, 0.25) is 10.0 Å². The SMILES string of the molecule is CC(C)(C)OC(=O)NCc1ccc(F)c(NS(C)(=O)=O)c1. The molecule has 0 aliphatic heterocycles. The van der Waals surface area contributed by atoms with E-state index in [1.54, 1.807) is 20.8 Å². The molecule has 0 aliphatic rings. The minimum atomic E-state index is -3.57. The second-order valence-electron chi connectivity index (χ2n) is 5.54. The van der Waals surface area contributed by atoms with Gasteiger partial charge in [0.15, 0.2) is 0 Å². The van der Waals surface area contributed by atoms with Gasteiger partial charge in [-0.1, -0.05) is 6.07 Å². The number of halogens is 1. The van der Waals surface area contributed by atoms with Crippen LogP contribution in [0.4, 0.5) is 14.9 Å². The number of benzene rings is 1. The Hall–Kier alpha value is -1.83. The zero-order valence-electron chi connectivity index (χ0n) is 12.4. The first kappa shape index (κ1) is 17.2. The van der Waals surface area contributed by atoms with Gasteiger partial charge in [-0.3, -0.25) is 4.72 Å². The van der Waals surface area contributed by atoms with E-state index in [0.717, 1.165) is 12.3 Å². The second-order valence-corrected chi connectivity index (χ2v) is 7.29. The zero-order chi connectivity index (χ0) is 16.3. The van der Waals surface area contributed by atoms with Crippen LogP contribution >= 0.6 is 0 Å². The molecular weight excluding hydrogens is 299 g/mol. The molecule has 0 unspecified atom stereocenters. The van der Waals surface area contributed by atoms with Crippen LogP contribution in [0.2, 0.25) is 0 Å². The number of rotatable bonds is 4. The third kappa shape index (κ3) is 6.94. The summed E-state index contributed by atoms with van der Waals surface area (Å²) in [5.41, 5.74) is -0.245. The monoisotopic (exact) mass is 318 g/mol. The highest BCUT2D eigenvalue weighted by molar-refractivity contribution is 7.92. The van der Waals surface area contributed by atoms with E-state index in [9.17, 15) is 17.6 Å². The maximum absolute atomic E-state index is 13.5. The molecular formula is C13H19FN2O4S. The fraction of sp³-hybridized carbons (Fsp3) is 0.462. The lowest BCUT2D eigenvalue weighted by Crippen LogP contribution is -2.32. The predicted molar refractivity (Wildman–Crippen MR) is 77.9 cm³/mol. The predicted octanol–water partition coefficient (Wildman–Crippen LogP) is 2.22. The van der Waals surface area contributed by atoms with E-state index in [2.05, 4.69) is 10.0 Å². The first-order valence-electron chi connectivity index (χ1n) is 6.19. The normalized spacial score (nSPS) is 11.9. The molecule has 0 aliphatic carbocycles. The Morgan fingerprint density at radius 2 is 1.95 bits per heavy atom. The highest BCUT2D eigenvalue weighted by Gasteiger charge is 2.16. The van der Waals surface area contributed by atoms with Crippen molar-refractivity contribution in [2.24, 2.45) is 0 Å². The molecule has 21 heavy (non-hydrogen) atoms. The molecule has 0 saturated heterocycles. The minimum absolute atomic E-state index is 0.0909. The fourth-order valence-corrected chi connectivity index (χ4v) is 2.00. The van der Waals surface area contributed by atoms with Gasteiger partial charge in [-0.15, -0.1) is 0 Å². The number of carbonyl (C=O) groups is 1. The van der Waals surface area contributed by atoms with Crippen molar-refractivity contribution in [1.82, 2.24) is 5.32 Å². The molecule has 0 atom stereocenters. The summed E-state index contributed by atoms with van der Waals surface area (Å²) >= 11 is 0. The Kier molecular flexibility index (Phi) is 5.16. The van der Waals surface area contributed by atoms with E-state index in [4.69, 9.17) is 4.74 Å². The summed E-state index contributed by atoms with van der Waals surface area (Å²) in [4.78, 5) is 11.5. The van der Waals surface area contributed by atoms with Crippen molar-refractivity contribution in [3.05, 3.63) is 29.6 Å². The molecule has 0 bridgehead atoms. The van der Waals surface area contributed by atoms with Crippen molar-refractivity contribution in [2.45, 2.75) is 32.9 Å². The molecule has 1 rings (SSSR count). The standard InChI is InChI=1S/C13H19FN2O4S/c1-13(2,3)20-12(17)15-8-9-5-6-10(14)11(7-9)16-21(4,18)19/h5-7,16H,8H2,1-4H3,(H,15,17). The zero-order valence-corrected chi connectivity index (χ0v) is 13.2. The molecule has 2 N–H and O–H groups in total.